The molecule has 51 heavy (non-hydrogen) atoms. The Bertz CT molecular complexity index is 1820. The predicted molar refractivity (Wildman–Crippen MR) is 192 cm³/mol. The minimum absolute atomic E-state index is 0.000833. The van der Waals surface area contributed by atoms with Gasteiger partial charge in [0.2, 0.25) is 11.8 Å². The van der Waals surface area contributed by atoms with E-state index in [1.165, 1.54) is 11.0 Å². The number of carbonyl (C=O) groups is 4. The van der Waals surface area contributed by atoms with Crippen molar-refractivity contribution in [3.63, 3.8) is 0 Å². The molecular formula is C39H48N4O8. The molecule has 1 aliphatic heterocycles. The van der Waals surface area contributed by atoms with E-state index in [0.29, 0.717) is 28.1 Å². The predicted octanol–water partition coefficient (Wildman–Crippen LogP) is 5.73. The highest BCUT2D eigenvalue weighted by Gasteiger charge is 2.61. The van der Waals surface area contributed by atoms with Gasteiger partial charge in [0.15, 0.2) is 0 Å². The third-order valence-corrected chi connectivity index (χ3v) is 9.02. The lowest BCUT2D eigenvalue weighted by atomic mass is 9.87. The van der Waals surface area contributed by atoms with Crippen molar-refractivity contribution in [2.75, 3.05) is 13.7 Å². The molecule has 1 saturated heterocycles. The molecule has 5 atom stereocenters. The standard InChI is InChI=1S/C39H48N4O8/c1-9-24-20-39(24,35(46)47)42-33(44)31-18-26(22-43(31)34(45)30(21-37(2,3)4)41-36(48)51-38(5,6)7)50-32-19-28(23-13-11-10-12-14-23)40-29-17-25(49-8)15-16-27(29)32/h9-17,19,24,26,30-31H,1,18,20-22H2,2-8H3,(H,41,48)(H,42,44)(H,46,47)/t24-,26+,30-,31-,39?/m0/s1. The lowest BCUT2D eigenvalue weighted by Crippen LogP contribution is -2.57. The second-order valence-electron chi connectivity index (χ2n) is 15.5. The van der Waals surface area contributed by atoms with Crippen molar-refractivity contribution in [2.45, 2.75) is 90.1 Å². The van der Waals surface area contributed by atoms with E-state index in [9.17, 15) is 24.3 Å². The van der Waals surface area contributed by atoms with Crippen molar-refractivity contribution in [3.8, 4) is 22.8 Å². The summed E-state index contributed by atoms with van der Waals surface area (Å²) in [7, 11) is 1.58. The minimum atomic E-state index is -1.50. The number of methoxy groups -OCH3 is 1. The molecule has 0 radical (unpaired) electrons. The Labute approximate surface area is 298 Å². The van der Waals surface area contributed by atoms with Gasteiger partial charge in [-0.3, -0.25) is 9.59 Å². The lowest BCUT2D eigenvalue weighted by Gasteiger charge is -2.32. The molecule has 0 bridgehead atoms. The maximum Gasteiger partial charge on any atom is 0.408 e. The molecule has 5 rings (SSSR count). The van der Waals surface area contributed by atoms with Crippen LogP contribution in [0.2, 0.25) is 0 Å². The number of carboxylic acids is 1. The van der Waals surface area contributed by atoms with Gasteiger partial charge in [0.25, 0.3) is 0 Å². The summed E-state index contributed by atoms with van der Waals surface area (Å²) >= 11 is 0. The number of fused-ring (bicyclic) bond motifs is 1. The van der Waals surface area contributed by atoms with E-state index >= 15 is 0 Å². The molecule has 272 valence electrons. The minimum Gasteiger partial charge on any atom is -0.497 e. The number of pyridine rings is 1. The van der Waals surface area contributed by atoms with Crippen LogP contribution in [-0.4, -0.2) is 81.8 Å². The van der Waals surface area contributed by atoms with Crippen LogP contribution in [0.1, 0.15) is 60.8 Å². The summed E-state index contributed by atoms with van der Waals surface area (Å²) in [6, 6.07) is 14.8. The number of nitrogens with one attached hydrogen (secondary N) is 2. The summed E-state index contributed by atoms with van der Waals surface area (Å²) in [5.74, 6) is -1.63. The van der Waals surface area contributed by atoms with Gasteiger partial charge >= 0.3 is 12.1 Å². The van der Waals surface area contributed by atoms with E-state index in [2.05, 4.69) is 17.2 Å². The smallest absolute Gasteiger partial charge is 0.408 e. The van der Waals surface area contributed by atoms with Crippen LogP contribution in [0.15, 0.2) is 67.3 Å². The Morgan fingerprint density at radius 2 is 1.78 bits per heavy atom. The molecule has 3 aromatic rings. The number of hydrogen-bond donors (Lipinski definition) is 3. The fourth-order valence-corrected chi connectivity index (χ4v) is 6.49. The molecule has 1 saturated carbocycles. The summed E-state index contributed by atoms with van der Waals surface area (Å²) in [6.45, 7) is 14.7. The largest absolute Gasteiger partial charge is 0.497 e. The summed E-state index contributed by atoms with van der Waals surface area (Å²) in [6.07, 6.45) is 0.586. The SMILES string of the molecule is C=C[C@H]1CC1(NC(=O)[C@@H]1C[C@@H](Oc2cc(-c3ccccc3)nc3cc(OC)ccc23)CN1C(=O)[C@H](CC(C)(C)C)NC(=O)OC(C)(C)C)C(=O)O. The molecule has 2 aliphatic rings. The van der Waals surface area contributed by atoms with Crippen LogP contribution in [0.25, 0.3) is 22.2 Å². The van der Waals surface area contributed by atoms with E-state index in [4.69, 9.17) is 19.2 Å². The van der Waals surface area contributed by atoms with Crippen LogP contribution in [0, 0.1) is 11.3 Å². The van der Waals surface area contributed by atoms with E-state index in [1.807, 2.05) is 69.3 Å². The third kappa shape index (κ3) is 8.61. The van der Waals surface area contributed by atoms with Gasteiger partial charge in [-0.05, 0) is 51.2 Å². The zero-order valence-electron chi connectivity index (χ0n) is 30.3. The Morgan fingerprint density at radius 3 is 2.37 bits per heavy atom. The molecule has 1 unspecified atom stereocenters. The number of carbonyl (C=O) groups excluding carboxylic acids is 3. The number of aliphatic carboxylic acids is 1. The monoisotopic (exact) mass is 700 g/mol. The number of amides is 3. The van der Waals surface area contributed by atoms with Gasteiger partial charge in [-0.1, -0.05) is 57.2 Å². The average Bonchev–Trinajstić information content (AvgIpc) is 3.62. The fraction of sp³-hybridized carbons (Fsp3) is 0.462. The average molecular weight is 701 g/mol. The van der Waals surface area contributed by atoms with Gasteiger partial charge < -0.3 is 34.9 Å². The highest BCUT2D eigenvalue weighted by atomic mass is 16.6. The van der Waals surface area contributed by atoms with Crippen molar-refractivity contribution in [2.24, 2.45) is 11.3 Å². The molecule has 1 aromatic heterocycles. The van der Waals surface area contributed by atoms with Gasteiger partial charge in [0.1, 0.15) is 40.8 Å². The third-order valence-electron chi connectivity index (χ3n) is 9.02. The van der Waals surface area contributed by atoms with Crippen molar-refractivity contribution >= 4 is 34.8 Å². The Balaban J connectivity index is 1.51. The topological polar surface area (TPSA) is 156 Å². The summed E-state index contributed by atoms with van der Waals surface area (Å²) in [4.78, 5) is 60.0. The van der Waals surface area contributed by atoms with Crippen molar-refractivity contribution < 1.29 is 38.5 Å². The Hall–Kier alpha value is -5.13. The lowest BCUT2D eigenvalue weighted by molar-refractivity contribution is -0.145. The molecule has 1 aliphatic carbocycles. The summed E-state index contributed by atoms with van der Waals surface area (Å²) in [5, 5.41) is 16.2. The van der Waals surface area contributed by atoms with E-state index in [0.717, 1.165) is 5.56 Å². The highest BCUT2D eigenvalue weighted by Crippen LogP contribution is 2.45. The zero-order valence-corrected chi connectivity index (χ0v) is 30.3. The molecule has 12 heteroatoms. The van der Waals surface area contributed by atoms with Crippen LogP contribution in [0.4, 0.5) is 4.79 Å². The molecule has 0 spiro atoms. The first-order valence-corrected chi connectivity index (χ1v) is 17.1. The Kier molecular flexibility index (Phi) is 10.4. The second kappa shape index (κ2) is 14.2. The summed E-state index contributed by atoms with van der Waals surface area (Å²) < 4.78 is 17.6. The first kappa shape index (κ1) is 37.1. The molecule has 3 amide bonds. The summed E-state index contributed by atoms with van der Waals surface area (Å²) in [5.41, 5.74) is -0.549. The highest BCUT2D eigenvalue weighted by molar-refractivity contribution is 5.96. The normalized spacial score (nSPS) is 22.1. The number of alkyl carbamates (subject to hydrolysis) is 1. The van der Waals surface area contributed by atoms with Gasteiger partial charge in [-0.15, -0.1) is 6.58 Å². The van der Waals surface area contributed by atoms with E-state index in [1.54, 1.807) is 33.9 Å². The van der Waals surface area contributed by atoms with Crippen LogP contribution in [-0.2, 0) is 19.1 Å². The number of carboxylic acid groups (broad SMARTS) is 1. The molecule has 12 nitrogen and oxygen atoms in total. The van der Waals surface area contributed by atoms with Crippen LogP contribution < -0.4 is 20.1 Å². The molecular weight excluding hydrogens is 652 g/mol. The van der Waals surface area contributed by atoms with Gasteiger partial charge in [-0.25, -0.2) is 14.6 Å². The Morgan fingerprint density at radius 1 is 1.08 bits per heavy atom. The maximum absolute atomic E-state index is 14.5. The fourth-order valence-electron chi connectivity index (χ4n) is 6.49. The number of nitrogens with zero attached hydrogens (tertiary/aromatic N) is 2. The van der Waals surface area contributed by atoms with Crippen LogP contribution >= 0.6 is 0 Å². The van der Waals surface area contributed by atoms with Crippen molar-refractivity contribution in [1.82, 2.24) is 20.5 Å². The molecule has 2 aromatic carbocycles. The quantitative estimate of drug-likeness (QED) is 0.213. The second-order valence-corrected chi connectivity index (χ2v) is 15.5. The molecule has 3 N–H and O–H groups in total. The number of aromatic nitrogens is 1. The van der Waals surface area contributed by atoms with Crippen LogP contribution in [0.3, 0.4) is 0 Å². The first-order chi connectivity index (χ1) is 23.9. The maximum atomic E-state index is 14.5. The number of rotatable bonds is 11. The molecule has 2 fully saturated rings. The van der Waals surface area contributed by atoms with Gasteiger partial charge in [-0.2, -0.15) is 0 Å². The molecule has 2 heterocycles. The van der Waals surface area contributed by atoms with E-state index < -0.39 is 64.5 Å². The van der Waals surface area contributed by atoms with Crippen molar-refractivity contribution in [1.29, 1.82) is 0 Å². The first-order valence-electron chi connectivity index (χ1n) is 17.1. The van der Waals surface area contributed by atoms with Gasteiger partial charge in [0.05, 0.1) is 24.9 Å². The number of ether oxygens (including phenoxy) is 3. The van der Waals surface area contributed by atoms with Crippen molar-refractivity contribution in [3.05, 3.63) is 67.3 Å². The van der Waals surface area contributed by atoms with Crippen LogP contribution in [0.5, 0.6) is 11.5 Å². The van der Waals surface area contributed by atoms with E-state index in [-0.39, 0.29) is 25.8 Å². The number of benzene rings is 2. The van der Waals surface area contributed by atoms with Gasteiger partial charge in [0, 0.05) is 35.4 Å². The number of hydrogen-bond acceptors (Lipinski definition) is 8. The zero-order chi connectivity index (χ0) is 37.3. The number of likely N-dealkylation sites (tertiary alicyclic amines) is 1.